The number of aromatic amines is 1. The van der Waals surface area contributed by atoms with Gasteiger partial charge in [0.1, 0.15) is 11.3 Å². The van der Waals surface area contributed by atoms with E-state index in [1.54, 1.807) is 7.11 Å². The minimum absolute atomic E-state index is 0.132. The maximum Gasteiger partial charge on any atom is 0.339 e. The molecule has 1 aromatic carbocycles. The van der Waals surface area contributed by atoms with E-state index in [-0.39, 0.29) is 5.56 Å². The summed E-state index contributed by atoms with van der Waals surface area (Å²) >= 11 is 0. The Morgan fingerprint density at radius 1 is 1.47 bits per heavy atom. The molecule has 0 aliphatic carbocycles. The molecule has 0 atom stereocenters. The highest BCUT2D eigenvalue weighted by Gasteiger charge is 2.17. The Kier molecular flexibility index (Phi) is 2.82. The number of carboxylic acids is 1. The zero-order valence-corrected chi connectivity index (χ0v) is 9.52. The summed E-state index contributed by atoms with van der Waals surface area (Å²) < 4.78 is 5.24. The number of H-pyrrole nitrogens is 1. The summed E-state index contributed by atoms with van der Waals surface area (Å²) in [7, 11) is 1.55. The first-order valence-electron chi connectivity index (χ1n) is 5.05. The predicted octanol–water partition coefficient (Wildman–Crippen LogP) is 2.09. The van der Waals surface area contributed by atoms with Crippen molar-refractivity contribution in [1.29, 1.82) is 0 Å². The van der Waals surface area contributed by atoms with Gasteiger partial charge in [-0.2, -0.15) is 5.10 Å². The van der Waals surface area contributed by atoms with E-state index in [0.717, 1.165) is 5.56 Å². The smallest absolute Gasteiger partial charge is 0.339 e. The van der Waals surface area contributed by atoms with E-state index in [0.29, 0.717) is 17.0 Å². The maximum absolute atomic E-state index is 11.0. The highest BCUT2D eigenvalue weighted by Crippen LogP contribution is 2.31. The van der Waals surface area contributed by atoms with Crippen LogP contribution in [0.2, 0.25) is 0 Å². The van der Waals surface area contributed by atoms with Gasteiger partial charge in [0, 0.05) is 5.56 Å². The average Bonchev–Trinajstić information content (AvgIpc) is 2.77. The molecular weight excluding hydrogens is 220 g/mol. The van der Waals surface area contributed by atoms with E-state index < -0.39 is 5.97 Å². The number of carboxylic acid groups (broad SMARTS) is 1. The van der Waals surface area contributed by atoms with Crippen molar-refractivity contribution in [2.75, 3.05) is 7.11 Å². The average molecular weight is 232 g/mol. The quantitative estimate of drug-likeness (QED) is 0.849. The van der Waals surface area contributed by atoms with Crippen LogP contribution in [0.5, 0.6) is 5.75 Å². The van der Waals surface area contributed by atoms with E-state index >= 15 is 0 Å². The number of methoxy groups -OCH3 is 1. The predicted molar refractivity (Wildman–Crippen MR) is 62.3 cm³/mol. The van der Waals surface area contributed by atoms with Gasteiger partial charge in [-0.15, -0.1) is 0 Å². The minimum Gasteiger partial charge on any atom is -0.496 e. The Bertz CT molecular complexity index is 561. The van der Waals surface area contributed by atoms with Gasteiger partial charge in [0.25, 0.3) is 0 Å². The third-order valence-electron chi connectivity index (χ3n) is 2.50. The lowest BCUT2D eigenvalue weighted by molar-refractivity contribution is 0.0698. The molecule has 0 fully saturated rings. The molecule has 5 heteroatoms. The number of nitrogens with zero attached hydrogens (tertiary/aromatic N) is 1. The molecule has 2 N–H and O–H groups in total. The van der Waals surface area contributed by atoms with Crippen LogP contribution in [0.4, 0.5) is 0 Å². The molecule has 0 amide bonds. The van der Waals surface area contributed by atoms with Crippen molar-refractivity contribution in [2.45, 2.75) is 6.92 Å². The fraction of sp³-hybridized carbons (Fsp3) is 0.167. The molecule has 1 heterocycles. The van der Waals surface area contributed by atoms with E-state index in [1.165, 1.54) is 6.20 Å². The number of hydrogen-bond donors (Lipinski definition) is 2. The number of ether oxygens (including phenoxy) is 1. The zero-order valence-electron chi connectivity index (χ0n) is 9.52. The van der Waals surface area contributed by atoms with Crippen LogP contribution in [-0.2, 0) is 0 Å². The van der Waals surface area contributed by atoms with E-state index in [1.807, 2.05) is 25.1 Å². The first kappa shape index (κ1) is 11.2. The van der Waals surface area contributed by atoms with Crippen LogP contribution in [0.3, 0.4) is 0 Å². The number of aryl methyl sites for hydroxylation is 1. The number of aromatic nitrogens is 2. The topological polar surface area (TPSA) is 75.2 Å². The van der Waals surface area contributed by atoms with Gasteiger partial charge in [0.2, 0.25) is 0 Å². The lowest BCUT2D eigenvalue weighted by Crippen LogP contribution is -1.98. The monoisotopic (exact) mass is 232 g/mol. The fourth-order valence-corrected chi connectivity index (χ4v) is 1.66. The van der Waals surface area contributed by atoms with Crippen LogP contribution in [0, 0.1) is 6.92 Å². The van der Waals surface area contributed by atoms with Gasteiger partial charge in [-0.1, -0.05) is 6.07 Å². The van der Waals surface area contributed by atoms with Gasteiger partial charge in [-0.25, -0.2) is 4.79 Å². The molecular formula is C12H12N2O3. The van der Waals surface area contributed by atoms with Crippen LogP contribution in [0.15, 0.2) is 24.4 Å². The molecule has 17 heavy (non-hydrogen) atoms. The highest BCUT2D eigenvalue weighted by molar-refractivity contribution is 5.95. The van der Waals surface area contributed by atoms with Crippen LogP contribution >= 0.6 is 0 Å². The first-order valence-corrected chi connectivity index (χ1v) is 5.05. The Morgan fingerprint density at radius 2 is 2.24 bits per heavy atom. The molecule has 0 radical (unpaired) electrons. The van der Waals surface area contributed by atoms with Crippen molar-refractivity contribution in [3.63, 3.8) is 0 Å². The molecule has 0 saturated heterocycles. The summed E-state index contributed by atoms with van der Waals surface area (Å²) in [4.78, 5) is 11.0. The number of hydrogen-bond acceptors (Lipinski definition) is 3. The third kappa shape index (κ3) is 1.99. The van der Waals surface area contributed by atoms with E-state index in [2.05, 4.69) is 10.2 Å². The Balaban J connectivity index is 2.60. The molecule has 2 rings (SSSR count). The van der Waals surface area contributed by atoms with Crippen molar-refractivity contribution in [1.82, 2.24) is 10.2 Å². The summed E-state index contributed by atoms with van der Waals surface area (Å²) in [6.45, 7) is 1.94. The molecule has 0 bridgehead atoms. The van der Waals surface area contributed by atoms with E-state index in [9.17, 15) is 4.79 Å². The maximum atomic E-state index is 11.0. The van der Waals surface area contributed by atoms with Crippen LogP contribution in [0.1, 0.15) is 15.9 Å². The molecule has 88 valence electrons. The molecule has 2 aromatic rings. The third-order valence-corrected chi connectivity index (χ3v) is 2.50. The molecule has 0 spiro atoms. The molecule has 0 unspecified atom stereocenters. The van der Waals surface area contributed by atoms with Gasteiger partial charge < -0.3 is 9.84 Å². The zero-order chi connectivity index (χ0) is 12.4. The number of rotatable bonds is 3. The normalized spacial score (nSPS) is 10.2. The number of aromatic carboxylic acids is 1. The lowest BCUT2D eigenvalue weighted by atomic mass is 10.1. The van der Waals surface area contributed by atoms with Gasteiger partial charge in [0.15, 0.2) is 0 Å². The van der Waals surface area contributed by atoms with Crippen LogP contribution in [-0.4, -0.2) is 28.4 Å². The van der Waals surface area contributed by atoms with Crippen molar-refractivity contribution in [3.8, 4) is 17.0 Å². The largest absolute Gasteiger partial charge is 0.496 e. The van der Waals surface area contributed by atoms with E-state index in [4.69, 9.17) is 9.84 Å². The van der Waals surface area contributed by atoms with Crippen LogP contribution in [0.25, 0.3) is 11.3 Å². The second-order valence-electron chi connectivity index (χ2n) is 3.67. The highest BCUT2D eigenvalue weighted by atomic mass is 16.5. The standard InChI is InChI=1S/C12H12N2O3/c1-7-3-4-8(10(5-7)17-2)11-9(12(15)16)6-13-14-11/h3-6H,1-2H3,(H,13,14)(H,15,16). The van der Waals surface area contributed by atoms with Gasteiger partial charge in [0.05, 0.1) is 19.0 Å². The molecule has 5 nitrogen and oxygen atoms in total. The van der Waals surface area contributed by atoms with Gasteiger partial charge in [-0.05, 0) is 24.6 Å². The first-order chi connectivity index (χ1) is 8.13. The summed E-state index contributed by atoms with van der Waals surface area (Å²) in [6, 6.07) is 5.56. The molecule has 0 saturated carbocycles. The van der Waals surface area contributed by atoms with Crippen molar-refractivity contribution < 1.29 is 14.6 Å². The van der Waals surface area contributed by atoms with Gasteiger partial charge >= 0.3 is 5.97 Å². The second-order valence-corrected chi connectivity index (χ2v) is 3.67. The Morgan fingerprint density at radius 3 is 2.88 bits per heavy atom. The Labute approximate surface area is 98.0 Å². The van der Waals surface area contributed by atoms with Crippen LogP contribution < -0.4 is 4.74 Å². The van der Waals surface area contributed by atoms with Crippen molar-refractivity contribution >= 4 is 5.97 Å². The Hall–Kier alpha value is -2.30. The van der Waals surface area contributed by atoms with Gasteiger partial charge in [-0.3, -0.25) is 5.10 Å². The SMILES string of the molecule is COc1cc(C)ccc1-c1[nH]ncc1C(=O)O. The number of nitrogens with one attached hydrogen (secondary N) is 1. The molecule has 0 aliphatic heterocycles. The minimum atomic E-state index is -1.02. The second kappa shape index (κ2) is 4.29. The summed E-state index contributed by atoms with van der Waals surface area (Å²) in [5.41, 5.74) is 2.32. The lowest BCUT2D eigenvalue weighted by Gasteiger charge is -2.08. The molecule has 0 aliphatic rings. The summed E-state index contributed by atoms with van der Waals surface area (Å²) in [5.74, 6) is -0.395. The van der Waals surface area contributed by atoms with Crippen molar-refractivity contribution in [3.05, 3.63) is 35.5 Å². The summed E-state index contributed by atoms with van der Waals surface area (Å²) in [5, 5.41) is 15.5. The number of carbonyl (C=O) groups is 1. The fourth-order valence-electron chi connectivity index (χ4n) is 1.66. The molecule has 1 aromatic heterocycles. The van der Waals surface area contributed by atoms with Crippen molar-refractivity contribution in [2.24, 2.45) is 0 Å². The number of benzene rings is 1. The summed E-state index contributed by atoms with van der Waals surface area (Å²) in [6.07, 6.45) is 1.29.